The molecular weight excluding hydrogens is 278 g/mol. The average molecular weight is 293 g/mol. The van der Waals surface area contributed by atoms with Crippen LogP contribution in [0.1, 0.15) is 12.5 Å². The number of aryl methyl sites for hydroxylation is 1. The number of nitrogens with zero attached hydrogens (tertiary/aromatic N) is 2. The van der Waals surface area contributed by atoms with Gasteiger partial charge in [-0.1, -0.05) is 6.92 Å². The number of nitrogens with one attached hydrogen (secondary N) is 1. The zero-order valence-electron chi connectivity index (χ0n) is 11.2. The van der Waals surface area contributed by atoms with Gasteiger partial charge in [0.2, 0.25) is 5.95 Å². The third-order valence-corrected chi connectivity index (χ3v) is 4.06. The first-order chi connectivity index (χ1) is 9.56. The largest absolute Gasteiger partial charge is 0.496 e. The molecule has 2 aromatic rings. The van der Waals surface area contributed by atoms with Crippen molar-refractivity contribution in [1.82, 2.24) is 9.97 Å². The number of sulfonamides is 1. The predicted molar refractivity (Wildman–Crippen MR) is 75.2 cm³/mol. The Labute approximate surface area is 117 Å². The van der Waals surface area contributed by atoms with Crippen LogP contribution in [-0.4, -0.2) is 25.5 Å². The maximum Gasteiger partial charge on any atom is 0.264 e. The first kappa shape index (κ1) is 14.3. The standard InChI is InChI=1S/C13H15N3O3S/c1-3-10-9-11(5-6-12(10)19-2)20(17,18)16-13-14-7-4-8-15-13/h4-9H,3H2,1-2H3,(H,14,15,16). The van der Waals surface area contributed by atoms with E-state index in [-0.39, 0.29) is 10.8 Å². The summed E-state index contributed by atoms with van der Waals surface area (Å²) >= 11 is 0. The molecule has 0 saturated heterocycles. The summed E-state index contributed by atoms with van der Waals surface area (Å²) < 4.78 is 32.0. The maximum absolute atomic E-state index is 12.2. The molecule has 0 bridgehead atoms. The Morgan fingerprint density at radius 1 is 1.25 bits per heavy atom. The molecule has 0 unspecified atom stereocenters. The fourth-order valence-electron chi connectivity index (χ4n) is 1.73. The van der Waals surface area contributed by atoms with Crippen molar-refractivity contribution in [3.63, 3.8) is 0 Å². The predicted octanol–water partition coefficient (Wildman–Crippen LogP) is 1.85. The molecule has 0 aliphatic heterocycles. The van der Waals surface area contributed by atoms with E-state index >= 15 is 0 Å². The molecule has 106 valence electrons. The molecule has 1 heterocycles. The van der Waals surface area contributed by atoms with E-state index in [0.717, 1.165) is 5.56 Å². The van der Waals surface area contributed by atoms with Crippen molar-refractivity contribution in [3.8, 4) is 5.75 Å². The minimum atomic E-state index is -3.70. The second kappa shape index (κ2) is 5.87. The van der Waals surface area contributed by atoms with Crippen molar-refractivity contribution in [1.29, 1.82) is 0 Å². The van der Waals surface area contributed by atoms with E-state index in [9.17, 15) is 8.42 Å². The summed E-state index contributed by atoms with van der Waals surface area (Å²) in [6, 6.07) is 6.33. The minimum Gasteiger partial charge on any atom is -0.496 e. The van der Waals surface area contributed by atoms with Crippen LogP contribution in [0.5, 0.6) is 5.75 Å². The first-order valence-electron chi connectivity index (χ1n) is 6.03. The monoisotopic (exact) mass is 293 g/mol. The zero-order chi connectivity index (χ0) is 14.6. The number of methoxy groups -OCH3 is 1. The van der Waals surface area contributed by atoms with E-state index in [1.165, 1.54) is 18.5 Å². The fourth-order valence-corrected chi connectivity index (χ4v) is 2.74. The summed E-state index contributed by atoms with van der Waals surface area (Å²) in [6.45, 7) is 1.93. The van der Waals surface area contributed by atoms with E-state index in [2.05, 4.69) is 14.7 Å². The molecule has 0 aliphatic rings. The minimum absolute atomic E-state index is 0.0429. The highest BCUT2D eigenvalue weighted by molar-refractivity contribution is 7.92. The molecule has 0 saturated carbocycles. The van der Waals surface area contributed by atoms with Gasteiger partial charge in [-0.05, 0) is 36.2 Å². The van der Waals surface area contributed by atoms with Crippen LogP contribution in [0.3, 0.4) is 0 Å². The van der Waals surface area contributed by atoms with Crippen LogP contribution < -0.4 is 9.46 Å². The molecule has 0 atom stereocenters. The van der Waals surface area contributed by atoms with E-state index in [0.29, 0.717) is 12.2 Å². The number of hydrogen-bond donors (Lipinski definition) is 1. The Morgan fingerprint density at radius 3 is 2.55 bits per heavy atom. The molecule has 7 heteroatoms. The quantitative estimate of drug-likeness (QED) is 0.909. The molecule has 20 heavy (non-hydrogen) atoms. The lowest BCUT2D eigenvalue weighted by Crippen LogP contribution is -2.15. The normalized spacial score (nSPS) is 11.1. The lowest BCUT2D eigenvalue weighted by molar-refractivity contribution is 0.409. The van der Waals surface area contributed by atoms with Crippen molar-refractivity contribution in [2.75, 3.05) is 11.8 Å². The number of hydrogen-bond acceptors (Lipinski definition) is 5. The molecule has 0 radical (unpaired) electrons. The van der Waals surface area contributed by atoms with Gasteiger partial charge in [0.15, 0.2) is 0 Å². The second-order valence-corrected chi connectivity index (χ2v) is 5.69. The van der Waals surface area contributed by atoms with E-state index in [4.69, 9.17) is 4.74 Å². The van der Waals surface area contributed by atoms with Gasteiger partial charge in [-0.3, -0.25) is 0 Å². The fraction of sp³-hybridized carbons (Fsp3) is 0.231. The molecular formula is C13H15N3O3S. The van der Waals surface area contributed by atoms with Crippen LogP contribution in [0.25, 0.3) is 0 Å². The molecule has 0 aliphatic carbocycles. The van der Waals surface area contributed by atoms with Gasteiger partial charge in [-0.15, -0.1) is 0 Å². The average Bonchev–Trinajstić information content (AvgIpc) is 2.47. The molecule has 1 N–H and O–H groups in total. The van der Waals surface area contributed by atoms with Crippen molar-refractivity contribution >= 4 is 16.0 Å². The summed E-state index contributed by atoms with van der Waals surface area (Å²) in [5, 5.41) is 0. The van der Waals surface area contributed by atoms with Gasteiger partial charge >= 0.3 is 0 Å². The van der Waals surface area contributed by atoms with E-state index in [1.54, 1.807) is 25.3 Å². The van der Waals surface area contributed by atoms with Crippen molar-refractivity contribution in [3.05, 3.63) is 42.2 Å². The third kappa shape index (κ3) is 3.05. The van der Waals surface area contributed by atoms with Crippen LogP contribution in [0, 0.1) is 0 Å². The lowest BCUT2D eigenvalue weighted by Gasteiger charge is -2.10. The van der Waals surface area contributed by atoms with Crippen LogP contribution >= 0.6 is 0 Å². The van der Waals surface area contributed by atoms with Crippen LogP contribution in [-0.2, 0) is 16.4 Å². The topological polar surface area (TPSA) is 81.2 Å². The summed E-state index contributed by atoms with van der Waals surface area (Å²) in [5.74, 6) is 0.712. The molecule has 0 fully saturated rings. The highest BCUT2D eigenvalue weighted by atomic mass is 32.2. The molecule has 2 rings (SSSR count). The highest BCUT2D eigenvalue weighted by Gasteiger charge is 2.17. The first-order valence-corrected chi connectivity index (χ1v) is 7.52. The Hall–Kier alpha value is -2.15. The Bertz CT molecular complexity index is 687. The number of benzene rings is 1. The lowest BCUT2D eigenvalue weighted by atomic mass is 10.1. The van der Waals surface area contributed by atoms with E-state index < -0.39 is 10.0 Å². The van der Waals surface area contributed by atoms with Gasteiger partial charge in [0.05, 0.1) is 12.0 Å². The molecule has 6 nitrogen and oxygen atoms in total. The third-order valence-electron chi connectivity index (χ3n) is 2.73. The number of ether oxygens (including phenoxy) is 1. The van der Waals surface area contributed by atoms with Crippen LogP contribution in [0.15, 0.2) is 41.6 Å². The van der Waals surface area contributed by atoms with Gasteiger partial charge in [0.1, 0.15) is 5.75 Å². The Morgan fingerprint density at radius 2 is 1.95 bits per heavy atom. The van der Waals surface area contributed by atoms with Crippen LogP contribution in [0.4, 0.5) is 5.95 Å². The van der Waals surface area contributed by atoms with Crippen molar-refractivity contribution in [2.24, 2.45) is 0 Å². The van der Waals surface area contributed by atoms with Crippen LogP contribution in [0.2, 0.25) is 0 Å². The highest BCUT2D eigenvalue weighted by Crippen LogP contribution is 2.23. The summed E-state index contributed by atoms with van der Waals surface area (Å²) in [4.78, 5) is 7.83. The van der Waals surface area contributed by atoms with Gasteiger partial charge in [-0.2, -0.15) is 0 Å². The molecule has 0 spiro atoms. The van der Waals surface area contributed by atoms with Gasteiger partial charge < -0.3 is 4.74 Å². The second-order valence-electron chi connectivity index (χ2n) is 4.01. The maximum atomic E-state index is 12.2. The number of rotatable bonds is 5. The van der Waals surface area contributed by atoms with Gasteiger partial charge in [-0.25, -0.2) is 23.1 Å². The number of anilines is 1. The zero-order valence-corrected chi connectivity index (χ0v) is 12.0. The van der Waals surface area contributed by atoms with Gasteiger partial charge in [0, 0.05) is 12.4 Å². The van der Waals surface area contributed by atoms with Gasteiger partial charge in [0.25, 0.3) is 10.0 Å². The Kier molecular flexibility index (Phi) is 4.19. The van der Waals surface area contributed by atoms with E-state index in [1.807, 2.05) is 6.92 Å². The molecule has 0 amide bonds. The molecule has 1 aromatic heterocycles. The summed E-state index contributed by atoms with van der Waals surface area (Å²) in [5.41, 5.74) is 0.823. The smallest absolute Gasteiger partial charge is 0.264 e. The molecule has 1 aromatic carbocycles. The SMILES string of the molecule is CCc1cc(S(=O)(=O)Nc2ncccn2)ccc1OC. The summed E-state index contributed by atoms with van der Waals surface area (Å²) in [6.07, 6.45) is 3.61. The number of aromatic nitrogens is 2. The summed E-state index contributed by atoms with van der Waals surface area (Å²) in [7, 11) is -2.15. The Balaban J connectivity index is 2.35. The van der Waals surface area contributed by atoms with Crippen molar-refractivity contribution in [2.45, 2.75) is 18.2 Å². The van der Waals surface area contributed by atoms with Crippen molar-refractivity contribution < 1.29 is 13.2 Å².